The lowest BCUT2D eigenvalue weighted by molar-refractivity contribution is 0.112. The summed E-state index contributed by atoms with van der Waals surface area (Å²) in [4.78, 5) is 13.8. The number of fused-ring (bicyclic) bond motifs is 1. The topological polar surface area (TPSA) is 29.5 Å². The molecule has 0 unspecified atom stereocenters. The fourth-order valence-corrected chi connectivity index (χ4v) is 2.15. The Kier molecular flexibility index (Phi) is 2.92. The van der Waals surface area contributed by atoms with Gasteiger partial charge in [-0.15, -0.1) is 0 Å². The third kappa shape index (κ3) is 1.69. The van der Waals surface area contributed by atoms with E-state index in [1.807, 2.05) is 24.1 Å². The van der Waals surface area contributed by atoms with Gasteiger partial charge in [0.2, 0.25) is 0 Å². The van der Waals surface area contributed by atoms with Crippen LogP contribution in [0, 0.1) is 0 Å². The van der Waals surface area contributed by atoms with Gasteiger partial charge in [-0.25, -0.2) is 0 Å². The van der Waals surface area contributed by atoms with E-state index >= 15 is 0 Å². The van der Waals surface area contributed by atoms with Crippen molar-refractivity contribution in [2.24, 2.45) is 0 Å². The van der Waals surface area contributed by atoms with Crippen LogP contribution in [0.2, 0.25) is 0 Å². The lowest BCUT2D eigenvalue weighted by atomic mass is 9.99. The van der Waals surface area contributed by atoms with Crippen LogP contribution < -0.4 is 9.64 Å². The summed E-state index contributed by atoms with van der Waals surface area (Å²) >= 11 is 5.25. The minimum absolute atomic E-state index is 0.567. The van der Waals surface area contributed by atoms with Gasteiger partial charge in [0.15, 0.2) is 6.29 Å². The predicted octanol–water partition coefficient (Wildman–Crippen LogP) is 2.22. The summed E-state index contributed by atoms with van der Waals surface area (Å²) in [5.74, 6) is 0.634. The second-order valence-electron chi connectivity index (χ2n) is 3.79. The first kappa shape index (κ1) is 11.1. The number of carbonyl (C=O) groups is 1. The van der Waals surface area contributed by atoms with E-state index in [0.717, 1.165) is 29.8 Å². The molecular weight excluding hydrogens is 222 g/mol. The highest BCUT2D eigenvalue weighted by Crippen LogP contribution is 2.32. The van der Waals surface area contributed by atoms with Crippen molar-refractivity contribution in [1.82, 2.24) is 0 Å². The predicted molar refractivity (Wildman–Crippen MR) is 67.7 cm³/mol. The number of ether oxygens (including phenoxy) is 1. The fourth-order valence-electron chi connectivity index (χ4n) is 1.95. The molecule has 1 aliphatic rings. The molecule has 0 aliphatic carbocycles. The number of aryl methyl sites for hydroxylation is 1. The van der Waals surface area contributed by atoms with E-state index in [4.69, 9.17) is 17.0 Å². The molecule has 2 rings (SSSR count). The Morgan fingerprint density at radius 3 is 2.81 bits per heavy atom. The van der Waals surface area contributed by atoms with Gasteiger partial charge in [-0.3, -0.25) is 4.79 Å². The van der Waals surface area contributed by atoms with E-state index in [1.165, 1.54) is 5.56 Å². The van der Waals surface area contributed by atoms with Crippen molar-refractivity contribution in [3.05, 3.63) is 23.3 Å². The lowest BCUT2D eigenvalue weighted by Crippen LogP contribution is -2.29. The van der Waals surface area contributed by atoms with Crippen molar-refractivity contribution in [1.29, 1.82) is 0 Å². The van der Waals surface area contributed by atoms with E-state index in [-0.39, 0.29) is 0 Å². The van der Waals surface area contributed by atoms with Gasteiger partial charge in [-0.2, -0.15) is 0 Å². The van der Waals surface area contributed by atoms with Gasteiger partial charge in [-0.05, 0) is 24.1 Å². The van der Waals surface area contributed by atoms with Gasteiger partial charge in [-0.1, -0.05) is 12.2 Å². The van der Waals surface area contributed by atoms with E-state index in [2.05, 4.69) is 0 Å². The number of hydrogen-bond donors (Lipinski definition) is 0. The molecular formula is C12H13NO2S. The molecule has 1 aromatic rings. The van der Waals surface area contributed by atoms with Crippen LogP contribution >= 0.6 is 12.2 Å². The maximum absolute atomic E-state index is 10.9. The maximum Gasteiger partial charge on any atom is 0.153 e. The Morgan fingerprint density at radius 2 is 2.19 bits per heavy atom. The number of anilines is 1. The largest absolute Gasteiger partial charge is 0.496 e. The summed E-state index contributed by atoms with van der Waals surface area (Å²) in [7, 11) is 3.51. The molecule has 1 aliphatic heterocycles. The van der Waals surface area contributed by atoms with Gasteiger partial charge in [0.1, 0.15) is 5.75 Å². The van der Waals surface area contributed by atoms with Crippen molar-refractivity contribution in [3.63, 3.8) is 0 Å². The molecule has 0 spiro atoms. The standard InChI is InChI=1S/C12H13NO2S/c1-13-10-5-9(7-14)11(15-2)6-8(10)3-4-12(13)16/h5-7H,3-4H2,1-2H3. The summed E-state index contributed by atoms with van der Waals surface area (Å²) < 4.78 is 5.18. The number of rotatable bonds is 2. The molecule has 3 nitrogen and oxygen atoms in total. The lowest BCUT2D eigenvalue weighted by Gasteiger charge is -2.28. The zero-order chi connectivity index (χ0) is 11.7. The average molecular weight is 235 g/mol. The van der Waals surface area contributed by atoms with Gasteiger partial charge in [0.25, 0.3) is 0 Å². The minimum Gasteiger partial charge on any atom is -0.496 e. The maximum atomic E-state index is 10.9. The van der Waals surface area contributed by atoms with Crippen LogP contribution in [0.1, 0.15) is 22.3 Å². The summed E-state index contributed by atoms with van der Waals surface area (Å²) in [5, 5.41) is 0. The molecule has 0 atom stereocenters. The van der Waals surface area contributed by atoms with Crippen LogP contribution in [-0.2, 0) is 6.42 Å². The molecule has 0 amide bonds. The Bertz CT molecular complexity index is 457. The summed E-state index contributed by atoms with van der Waals surface area (Å²) in [6.45, 7) is 0. The van der Waals surface area contributed by atoms with Crippen LogP contribution in [0.5, 0.6) is 5.75 Å². The van der Waals surface area contributed by atoms with Gasteiger partial charge < -0.3 is 9.64 Å². The molecule has 0 saturated carbocycles. The molecule has 0 aromatic heterocycles. The number of nitrogens with zero attached hydrogens (tertiary/aromatic N) is 1. The Hall–Kier alpha value is -1.42. The number of hydrogen-bond acceptors (Lipinski definition) is 3. The molecule has 1 aromatic carbocycles. The molecule has 0 bridgehead atoms. The zero-order valence-corrected chi connectivity index (χ0v) is 10.1. The Labute approximate surface area is 100 Å². The summed E-state index contributed by atoms with van der Waals surface area (Å²) in [6, 6.07) is 3.77. The van der Waals surface area contributed by atoms with Crippen molar-refractivity contribution >= 4 is 29.2 Å². The zero-order valence-electron chi connectivity index (χ0n) is 9.32. The van der Waals surface area contributed by atoms with Crippen LogP contribution in [0.25, 0.3) is 0 Å². The van der Waals surface area contributed by atoms with E-state index < -0.39 is 0 Å². The summed E-state index contributed by atoms with van der Waals surface area (Å²) in [5.41, 5.74) is 2.76. The normalized spacial score (nSPS) is 14.6. The molecule has 4 heteroatoms. The number of benzene rings is 1. The van der Waals surface area contributed by atoms with Gasteiger partial charge in [0, 0.05) is 19.2 Å². The highest BCUT2D eigenvalue weighted by molar-refractivity contribution is 7.80. The van der Waals surface area contributed by atoms with E-state index in [9.17, 15) is 4.79 Å². The first-order valence-electron chi connectivity index (χ1n) is 5.10. The van der Waals surface area contributed by atoms with Gasteiger partial charge >= 0.3 is 0 Å². The highest BCUT2D eigenvalue weighted by Gasteiger charge is 2.20. The molecule has 1 heterocycles. The third-order valence-corrected chi connectivity index (χ3v) is 3.38. The second-order valence-corrected chi connectivity index (χ2v) is 4.26. The van der Waals surface area contributed by atoms with Crippen molar-refractivity contribution in [2.45, 2.75) is 12.8 Å². The van der Waals surface area contributed by atoms with E-state index in [1.54, 1.807) is 7.11 Å². The Balaban J connectivity index is 2.56. The number of aldehydes is 1. The van der Waals surface area contributed by atoms with Gasteiger partial charge in [0.05, 0.1) is 17.7 Å². The van der Waals surface area contributed by atoms with Crippen LogP contribution in [0.3, 0.4) is 0 Å². The third-order valence-electron chi connectivity index (χ3n) is 2.90. The van der Waals surface area contributed by atoms with Crippen LogP contribution in [0.4, 0.5) is 5.69 Å². The number of thiocarbonyl (C=S) groups is 1. The smallest absolute Gasteiger partial charge is 0.153 e. The van der Waals surface area contributed by atoms with Crippen LogP contribution in [0.15, 0.2) is 12.1 Å². The SMILES string of the molecule is COc1cc2c(cc1C=O)N(C)C(=S)CC2. The molecule has 0 fully saturated rings. The first-order valence-corrected chi connectivity index (χ1v) is 5.51. The number of methoxy groups -OCH3 is 1. The molecule has 0 N–H and O–H groups in total. The summed E-state index contributed by atoms with van der Waals surface area (Å²) in [6.07, 6.45) is 2.60. The molecule has 84 valence electrons. The van der Waals surface area contributed by atoms with E-state index in [0.29, 0.717) is 11.3 Å². The van der Waals surface area contributed by atoms with Crippen LogP contribution in [-0.4, -0.2) is 25.4 Å². The fraction of sp³-hybridized carbons (Fsp3) is 0.333. The molecule has 16 heavy (non-hydrogen) atoms. The minimum atomic E-state index is 0.567. The highest BCUT2D eigenvalue weighted by atomic mass is 32.1. The number of carbonyl (C=O) groups excluding carboxylic acids is 1. The first-order chi connectivity index (χ1) is 7.67. The molecule has 0 saturated heterocycles. The molecule has 0 radical (unpaired) electrons. The monoisotopic (exact) mass is 235 g/mol. The van der Waals surface area contributed by atoms with Crippen molar-refractivity contribution < 1.29 is 9.53 Å². The second kappa shape index (κ2) is 4.22. The van der Waals surface area contributed by atoms with Crippen molar-refractivity contribution in [3.8, 4) is 5.75 Å². The Morgan fingerprint density at radius 1 is 1.44 bits per heavy atom. The quantitative estimate of drug-likeness (QED) is 0.580. The average Bonchev–Trinajstić information content (AvgIpc) is 2.32. The van der Waals surface area contributed by atoms with Crippen molar-refractivity contribution in [2.75, 3.05) is 19.1 Å².